The maximum atomic E-state index is 12.0. The van der Waals surface area contributed by atoms with Gasteiger partial charge in [0.25, 0.3) is 0 Å². The molecule has 23 heavy (non-hydrogen) atoms. The Bertz CT molecular complexity index is 428. The molecule has 1 amide bonds. The maximum absolute atomic E-state index is 12.0. The molecule has 1 saturated carbocycles. The van der Waals surface area contributed by atoms with Crippen LogP contribution >= 0.6 is 0 Å². The summed E-state index contributed by atoms with van der Waals surface area (Å²) in [6, 6.07) is -0.443. The SMILES string of the molecule is CC(C)(C)OC(=O)NC(CC(=O)O)C1CCC2(CC1)OCCO2. The van der Waals surface area contributed by atoms with Crippen molar-refractivity contribution in [1.82, 2.24) is 5.32 Å². The zero-order valence-corrected chi connectivity index (χ0v) is 14.1. The monoisotopic (exact) mass is 329 g/mol. The summed E-state index contributed by atoms with van der Waals surface area (Å²) in [5, 5.41) is 11.9. The molecule has 1 unspecified atom stereocenters. The van der Waals surface area contributed by atoms with Gasteiger partial charge < -0.3 is 24.6 Å². The van der Waals surface area contributed by atoms with E-state index in [2.05, 4.69) is 5.32 Å². The van der Waals surface area contributed by atoms with Crippen molar-refractivity contribution < 1.29 is 28.9 Å². The Morgan fingerprint density at radius 2 is 1.83 bits per heavy atom. The quantitative estimate of drug-likeness (QED) is 0.822. The number of carbonyl (C=O) groups is 2. The average Bonchev–Trinajstić information content (AvgIpc) is 2.84. The van der Waals surface area contributed by atoms with E-state index in [0.29, 0.717) is 13.2 Å². The van der Waals surface area contributed by atoms with Gasteiger partial charge in [0, 0.05) is 18.9 Å². The van der Waals surface area contributed by atoms with Crippen LogP contribution < -0.4 is 5.32 Å². The summed E-state index contributed by atoms with van der Waals surface area (Å²) < 4.78 is 16.6. The lowest BCUT2D eigenvalue weighted by molar-refractivity contribution is -0.183. The van der Waals surface area contributed by atoms with Gasteiger partial charge in [-0.05, 0) is 39.5 Å². The van der Waals surface area contributed by atoms with Crippen LogP contribution in [0.25, 0.3) is 0 Å². The fourth-order valence-corrected chi connectivity index (χ4v) is 3.25. The Kier molecular flexibility index (Phi) is 5.52. The van der Waals surface area contributed by atoms with Crippen LogP contribution in [0.15, 0.2) is 0 Å². The molecule has 7 nitrogen and oxygen atoms in total. The van der Waals surface area contributed by atoms with Crippen LogP contribution in [0, 0.1) is 5.92 Å². The van der Waals surface area contributed by atoms with Crippen molar-refractivity contribution in [3.63, 3.8) is 0 Å². The smallest absolute Gasteiger partial charge is 0.407 e. The summed E-state index contributed by atoms with van der Waals surface area (Å²) in [5.74, 6) is -1.34. The first kappa shape index (κ1) is 18.0. The van der Waals surface area contributed by atoms with Gasteiger partial charge >= 0.3 is 12.1 Å². The molecule has 0 aromatic heterocycles. The van der Waals surface area contributed by atoms with Crippen molar-refractivity contribution in [1.29, 1.82) is 0 Å². The molecule has 7 heteroatoms. The first-order valence-corrected chi connectivity index (χ1v) is 8.18. The summed E-state index contributed by atoms with van der Waals surface area (Å²) in [4.78, 5) is 23.1. The number of hydrogen-bond donors (Lipinski definition) is 2. The molecule has 1 spiro atoms. The summed E-state index contributed by atoms with van der Waals surface area (Å²) in [5.41, 5.74) is -0.611. The molecule has 2 N–H and O–H groups in total. The third-order valence-electron chi connectivity index (χ3n) is 4.27. The molecular weight excluding hydrogens is 302 g/mol. The van der Waals surface area contributed by atoms with Crippen molar-refractivity contribution in [3.8, 4) is 0 Å². The number of rotatable bonds is 4. The predicted molar refractivity (Wildman–Crippen MR) is 82.0 cm³/mol. The number of carbonyl (C=O) groups excluding carboxylic acids is 1. The molecular formula is C16H27NO6. The van der Waals surface area contributed by atoms with E-state index in [0.717, 1.165) is 25.7 Å². The second-order valence-corrected chi connectivity index (χ2v) is 7.30. The van der Waals surface area contributed by atoms with E-state index in [-0.39, 0.29) is 12.3 Å². The molecule has 0 bridgehead atoms. The van der Waals surface area contributed by atoms with Crippen LogP contribution in [0.4, 0.5) is 4.79 Å². The minimum atomic E-state index is -0.931. The van der Waals surface area contributed by atoms with Crippen molar-refractivity contribution in [3.05, 3.63) is 0 Å². The van der Waals surface area contributed by atoms with Crippen molar-refractivity contribution in [2.45, 2.75) is 70.3 Å². The highest BCUT2D eigenvalue weighted by Crippen LogP contribution is 2.39. The van der Waals surface area contributed by atoms with E-state index in [1.807, 2.05) is 0 Å². The lowest BCUT2D eigenvalue weighted by atomic mass is 9.80. The summed E-state index contributed by atoms with van der Waals surface area (Å²) in [6.45, 7) is 6.55. The van der Waals surface area contributed by atoms with Gasteiger partial charge in [0.2, 0.25) is 0 Å². The van der Waals surface area contributed by atoms with Gasteiger partial charge in [0.15, 0.2) is 5.79 Å². The third-order valence-corrected chi connectivity index (χ3v) is 4.27. The van der Waals surface area contributed by atoms with Gasteiger partial charge in [-0.1, -0.05) is 0 Å². The van der Waals surface area contributed by atoms with Gasteiger partial charge in [-0.3, -0.25) is 4.79 Å². The van der Waals surface area contributed by atoms with Crippen molar-refractivity contribution in [2.24, 2.45) is 5.92 Å². The normalized spacial score (nSPS) is 22.7. The van der Waals surface area contributed by atoms with Gasteiger partial charge in [0.1, 0.15) is 5.60 Å². The highest BCUT2D eigenvalue weighted by molar-refractivity contribution is 5.71. The second kappa shape index (κ2) is 7.05. The van der Waals surface area contributed by atoms with Crippen LogP contribution in [0.2, 0.25) is 0 Å². The first-order chi connectivity index (χ1) is 10.7. The minimum absolute atomic E-state index is 0.0806. The summed E-state index contributed by atoms with van der Waals surface area (Å²) in [6.07, 6.45) is 2.28. The number of alkyl carbamates (subject to hydrolysis) is 1. The second-order valence-electron chi connectivity index (χ2n) is 7.30. The molecule has 2 aliphatic rings. The van der Waals surface area contributed by atoms with Gasteiger partial charge in [-0.2, -0.15) is 0 Å². The van der Waals surface area contributed by atoms with E-state index in [1.54, 1.807) is 20.8 Å². The fourth-order valence-electron chi connectivity index (χ4n) is 3.25. The number of carboxylic acids is 1. The number of aliphatic carboxylic acids is 1. The van der Waals surface area contributed by atoms with Crippen LogP contribution in [0.5, 0.6) is 0 Å². The van der Waals surface area contributed by atoms with E-state index >= 15 is 0 Å². The Hall–Kier alpha value is -1.34. The summed E-state index contributed by atoms with van der Waals surface area (Å²) in [7, 11) is 0. The number of hydrogen-bond acceptors (Lipinski definition) is 5. The Morgan fingerprint density at radius 1 is 1.26 bits per heavy atom. The van der Waals surface area contributed by atoms with E-state index < -0.39 is 29.5 Å². The van der Waals surface area contributed by atoms with E-state index in [9.17, 15) is 9.59 Å². The molecule has 1 aliphatic heterocycles. The molecule has 1 heterocycles. The summed E-state index contributed by atoms with van der Waals surface area (Å²) >= 11 is 0. The van der Waals surface area contributed by atoms with Crippen molar-refractivity contribution in [2.75, 3.05) is 13.2 Å². The van der Waals surface area contributed by atoms with Gasteiger partial charge in [-0.15, -0.1) is 0 Å². The van der Waals surface area contributed by atoms with Crippen LogP contribution in [0.1, 0.15) is 52.9 Å². The average molecular weight is 329 g/mol. The number of ether oxygens (including phenoxy) is 3. The highest BCUT2D eigenvalue weighted by Gasteiger charge is 2.42. The Morgan fingerprint density at radius 3 is 2.30 bits per heavy atom. The molecule has 2 fully saturated rings. The first-order valence-electron chi connectivity index (χ1n) is 8.18. The third kappa shape index (κ3) is 5.35. The van der Waals surface area contributed by atoms with Gasteiger partial charge in [0.05, 0.1) is 19.6 Å². The number of nitrogens with one attached hydrogen (secondary N) is 1. The Labute approximate surface area is 136 Å². The lowest BCUT2D eigenvalue weighted by Gasteiger charge is -2.38. The van der Waals surface area contributed by atoms with E-state index in [4.69, 9.17) is 19.3 Å². The zero-order valence-electron chi connectivity index (χ0n) is 14.1. The molecule has 0 aromatic carbocycles. The van der Waals surface area contributed by atoms with Gasteiger partial charge in [-0.25, -0.2) is 4.79 Å². The number of carboxylic acid groups (broad SMARTS) is 1. The molecule has 2 rings (SSSR count). The van der Waals surface area contributed by atoms with Crippen LogP contribution in [0.3, 0.4) is 0 Å². The molecule has 1 atom stereocenters. The standard InChI is InChI=1S/C16H27NO6/c1-15(2,3)23-14(20)17-12(10-13(18)19)11-4-6-16(7-5-11)21-8-9-22-16/h11-12H,4-10H2,1-3H3,(H,17,20)(H,18,19). The molecule has 132 valence electrons. The lowest BCUT2D eigenvalue weighted by Crippen LogP contribution is -2.47. The Balaban J connectivity index is 1.93. The molecule has 0 radical (unpaired) electrons. The van der Waals surface area contributed by atoms with Crippen LogP contribution in [-0.2, 0) is 19.0 Å². The maximum Gasteiger partial charge on any atom is 0.407 e. The highest BCUT2D eigenvalue weighted by atomic mass is 16.7. The van der Waals surface area contributed by atoms with E-state index in [1.165, 1.54) is 0 Å². The molecule has 1 aliphatic carbocycles. The topological polar surface area (TPSA) is 94.1 Å². The fraction of sp³-hybridized carbons (Fsp3) is 0.875. The molecule has 0 aromatic rings. The predicted octanol–water partition coefficient (Wildman–Crippen LogP) is 2.29. The van der Waals surface area contributed by atoms with Crippen LogP contribution in [-0.4, -0.2) is 47.8 Å². The zero-order chi connectivity index (χ0) is 17.1. The van der Waals surface area contributed by atoms with Crippen molar-refractivity contribution >= 4 is 12.1 Å². The minimum Gasteiger partial charge on any atom is -0.481 e. The number of amides is 1. The molecule has 1 saturated heterocycles. The largest absolute Gasteiger partial charge is 0.481 e.